The van der Waals surface area contributed by atoms with Crippen molar-refractivity contribution < 1.29 is 9.59 Å². The van der Waals surface area contributed by atoms with Gasteiger partial charge in [0.25, 0.3) is 0 Å². The van der Waals surface area contributed by atoms with Gasteiger partial charge in [-0.15, -0.1) is 0 Å². The Morgan fingerprint density at radius 1 is 0.737 bits per heavy atom. The monoisotopic (exact) mass is 269 g/mol. The average Bonchev–Trinajstić information content (AvgIpc) is 2.73. The molecule has 1 heterocycles. The molecule has 0 radical (unpaired) electrons. The van der Waals surface area contributed by atoms with Crippen LogP contribution in [0.2, 0.25) is 0 Å². The van der Waals surface area contributed by atoms with Crippen molar-refractivity contribution in [3.63, 3.8) is 0 Å². The number of nitrogens with zero attached hydrogens (tertiary/aromatic N) is 1. The molecule has 0 saturated carbocycles. The van der Waals surface area contributed by atoms with E-state index in [1.807, 2.05) is 6.92 Å². The lowest BCUT2D eigenvalue weighted by atomic mass is 10.1. The molecule has 1 aliphatic rings. The highest BCUT2D eigenvalue weighted by Crippen LogP contribution is 2.11. The van der Waals surface area contributed by atoms with Crippen LogP contribution in [0.15, 0.2) is 0 Å². The van der Waals surface area contributed by atoms with Gasteiger partial charge in [-0.25, -0.2) is 0 Å². The Morgan fingerprint density at radius 3 is 1.53 bits per heavy atom. The molecule has 0 bridgehead atoms. The number of imide groups is 1. The second-order valence-electron chi connectivity index (χ2n) is 5.21. The first-order valence-corrected chi connectivity index (χ1v) is 8.00. The molecule has 19 heavy (non-hydrogen) atoms. The predicted octanol–water partition coefficient (Wildman–Crippen LogP) is 4.30. The van der Waals surface area contributed by atoms with Gasteiger partial charge in [0.1, 0.15) is 0 Å². The molecular formula is C16H31NO2. The third kappa shape index (κ3) is 8.79. The second kappa shape index (κ2) is 12.2. The number of amides is 2. The van der Waals surface area contributed by atoms with E-state index in [-0.39, 0.29) is 11.8 Å². The highest BCUT2D eigenvalue weighted by atomic mass is 16.2. The average molecular weight is 269 g/mol. The molecule has 0 aromatic rings. The van der Waals surface area contributed by atoms with E-state index in [2.05, 4.69) is 13.8 Å². The standard InChI is InChI=1S/C8H13NO2.C8H18/c1-2-3-6-9-7(10)4-5-8(9)11;1-3-5-7-8-6-4-2/h2-6H2,1H3;3-8H2,1-2H3. The van der Waals surface area contributed by atoms with Crippen LogP contribution < -0.4 is 0 Å². The first kappa shape index (κ1) is 18.1. The molecule has 3 nitrogen and oxygen atoms in total. The third-order valence-corrected chi connectivity index (χ3v) is 3.35. The molecule has 0 aromatic heterocycles. The van der Waals surface area contributed by atoms with E-state index in [9.17, 15) is 9.59 Å². The topological polar surface area (TPSA) is 37.4 Å². The van der Waals surface area contributed by atoms with E-state index in [1.165, 1.54) is 43.4 Å². The second-order valence-corrected chi connectivity index (χ2v) is 5.21. The Morgan fingerprint density at radius 2 is 1.16 bits per heavy atom. The highest BCUT2D eigenvalue weighted by molar-refractivity contribution is 6.01. The fourth-order valence-corrected chi connectivity index (χ4v) is 2.04. The summed E-state index contributed by atoms with van der Waals surface area (Å²) in [5.74, 6) is 0.00639. The van der Waals surface area contributed by atoms with Gasteiger partial charge in [0, 0.05) is 19.4 Å². The van der Waals surface area contributed by atoms with Gasteiger partial charge in [0.15, 0.2) is 0 Å². The Balaban J connectivity index is 0.000000362. The molecule has 0 atom stereocenters. The minimum absolute atomic E-state index is 0.00319. The molecule has 1 rings (SSSR count). The fourth-order valence-electron chi connectivity index (χ4n) is 2.04. The summed E-state index contributed by atoms with van der Waals surface area (Å²) in [5, 5.41) is 0. The summed E-state index contributed by atoms with van der Waals surface area (Å²) in [6, 6.07) is 0. The van der Waals surface area contributed by atoms with Crippen molar-refractivity contribution in [2.45, 2.75) is 85.0 Å². The van der Waals surface area contributed by atoms with Crippen LogP contribution in [-0.2, 0) is 9.59 Å². The zero-order chi connectivity index (χ0) is 14.5. The lowest BCUT2D eigenvalue weighted by molar-refractivity contribution is -0.138. The molecule has 3 heteroatoms. The van der Waals surface area contributed by atoms with Crippen molar-refractivity contribution in [3.05, 3.63) is 0 Å². The zero-order valence-corrected chi connectivity index (χ0v) is 13.0. The van der Waals surface area contributed by atoms with Gasteiger partial charge in [-0.2, -0.15) is 0 Å². The summed E-state index contributed by atoms with van der Waals surface area (Å²) in [7, 11) is 0. The number of carbonyl (C=O) groups is 2. The maximum atomic E-state index is 11.0. The Bertz CT molecular complexity index is 229. The van der Waals surface area contributed by atoms with E-state index in [1.54, 1.807) is 0 Å². The summed E-state index contributed by atoms with van der Waals surface area (Å²) in [5.41, 5.74) is 0. The van der Waals surface area contributed by atoms with Crippen LogP contribution in [0.5, 0.6) is 0 Å². The molecule has 2 amide bonds. The molecule has 0 N–H and O–H groups in total. The number of rotatable bonds is 8. The van der Waals surface area contributed by atoms with Crippen LogP contribution in [0.4, 0.5) is 0 Å². The number of hydrogen-bond acceptors (Lipinski definition) is 2. The molecular weight excluding hydrogens is 238 g/mol. The highest BCUT2D eigenvalue weighted by Gasteiger charge is 2.27. The number of unbranched alkanes of at least 4 members (excludes halogenated alkanes) is 6. The van der Waals surface area contributed by atoms with Gasteiger partial charge in [0.2, 0.25) is 11.8 Å². The van der Waals surface area contributed by atoms with E-state index >= 15 is 0 Å². The minimum Gasteiger partial charge on any atom is -0.283 e. The van der Waals surface area contributed by atoms with Crippen LogP contribution in [0, 0.1) is 0 Å². The van der Waals surface area contributed by atoms with Crippen molar-refractivity contribution >= 4 is 11.8 Å². The summed E-state index contributed by atoms with van der Waals surface area (Å²) in [4.78, 5) is 23.4. The summed E-state index contributed by atoms with van der Waals surface area (Å²) < 4.78 is 0. The summed E-state index contributed by atoms with van der Waals surface area (Å²) in [6.45, 7) is 7.18. The molecule has 0 spiro atoms. The van der Waals surface area contributed by atoms with E-state index in [0.717, 1.165) is 12.8 Å². The van der Waals surface area contributed by atoms with E-state index in [4.69, 9.17) is 0 Å². The summed E-state index contributed by atoms with van der Waals surface area (Å²) >= 11 is 0. The maximum absolute atomic E-state index is 11.0. The van der Waals surface area contributed by atoms with Crippen LogP contribution >= 0.6 is 0 Å². The van der Waals surface area contributed by atoms with Gasteiger partial charge >= 0.3 is 0 Å². The lowest BCUT2D eigenvalue weighted by Crippen LogP contribution is -2.29. The molecule has 112 valence electrons. The van der Waals surface area contributed by atoms with Gasteiger partial charge < -0.3 is 0 Å². The number of hydrogen-bond donors (Lipinski definition) is 0. The van der Waals surface area contributed by atoms with Gasteiger partial charge in [-0.3, -0.25) is 14.5 Å². The molecule has 0 aliphatic carbocycles. The number of likely N-dealkylation sites (tertiary alicyclic amines) is 1. The molecule has 0 aromatic carbocycles. The zero-order valence-electron chi connectivity index (χ0n) is 13.0. The quantitative estimate of drug-likeness (QED) is 0.486. The minimum atomic E-state index is 0.00319. The van der Waals surface area contributed by atoms with Gasteiger partial charge in [-0.1, -0.05) is 65.7 Å². The number of carbonyl (C=O) groups excluding carboxylic acids is 2. The molecule has 1 aliphatic heterocycles. The molecule has 0 unspecified atom stereocenters. The smallest absolute Gasteiger partial charge is 0.229 e. The normalized spacial score (nSPS) is 14.6. The first-order chi connectivity index (χ1) is 9.17. The van der Waals surface area contributed by atoms with E-state index in [0.29, 0.717) is 19.4 Å². The third-order valence-electron chi connectivity index (χ3n) is 3.35. The van der Waals surface area contributed by atoms with Crippen molar-refractivity contribution in [2.75, 3.05) is 6.54 Å². The molecule has 1 fully saturated rings. The fraction of sp³-hybridized carbons (Fsp3) is 0.875. The first-order valence-electron chi connectivity index (χ1n) is 8.00. The van der Waals surface area contributed by atoms with Crippen molar-refractivity contribution in [2.24, 2.45) is 0 Å². The van der Waals surface area contributed by atoms with Crippen molar-refractivity contribution in [1.82, 2.24) is 4.90 Å². The van der Waals surface area contributed by atoms with Crippen LogP contribution in [0.3, 0.4) is 0 Å². The SMILES string of the molecule is CCCCCCCC.CCCCN1C(=O)CCC1=O. The molecule has 1 saturated heterocycles. The lowest BCUT2D eigenvalue weighted by Gasteiger charge is -2.11. The van der Waals surface area contributed by atoms with Crippen molar-refractivity contribution in [3.8, 4) is 0 Å². The van der Waals surface area contributed by atoms with Gasteiger partial charge in [-0.05, 0) is 6.42 Å². The van der Waals surface area contributed by atoms with Crippen LogP contribution in [0.25, 0.3) is 0 Å². The largest absolute Gasteiger partial charge is 0.283 e. The van der Waals surface area contributed by atoms with Gasteiger partial charge in [0.05, 0.1) is 0 Å². The van der Waals surface area contributed by atoms with Crippen molar-refractivity contribution in [1.29, 1.82) is 0 Å². The maximum Gasteiger partial charge on any atom is 0.229 e. The van der Waals surface area contributed by atoms with Crippen LogP contribution in [-0.4, -0.2) is 23.3 Å². The Hall–Kier alpha value is -0.860. The van der Waals surface area contributed by atoms with Crippen LogP contribution in [0.1, 0.15) is 85.0 Å². The predicted molar refractivity (Wildman–Crippen MR) is 79.9 cm³/mol. The summed E-state index contributed by atoms with van der Waals surface area (Å²) in [6.07, 6.45) is 11.3. The Labute approximate surface area is 118 Å². The van der Waals surface area contributed by atoms with E-state index < -0.39 is 0 Å². The Kier molecular flexibility index (Phi) is 11.6.